The molecule has 2 aromatic carbocycles. The van der Waals surface area contributed by atoms with Crippen molar-refractivity contribution < 1.29 is 8.42 Å². The highest BCUT2D eigenvalue weighted by molar-refractivity contribution is 7.90. The highest BCUT2D eigenvalue weighted by atomic mass is 35.5. The van der Waals surface area contributed by atoms with E-state index in [1.165, 1.54) is 0 Å². The van der Waals surface area contributed by atoms with Gasteiger partial charge >= 0.3 is 0 Å². The third kappa shape index (κ3) is 3.03. The van der Waals surface area contributed by atoms with E-state index >= 15 is 0 Å². The number of hydrogen-bond donors (Lipinski definition) is 0. The number of rotatable bonds is 3. The van der Waals surface area contributed by atoms with Crippen molar-refractivity contribution in [2.24, 2.45) is 0 Å². The molecule has 0 saturated heterocycles. The van der Waals surface area contributed by atoms with Crippen LogP contribution in [0.3, 0.4) is 0 Å². The van der Waals surface area contributed by atoms with Crippen LogP contribution in [0, 0.1) is 0 Å². The highest BCUT2D eigenvalue weighted by Crippen LogP contribution is 2.38. The molecule has 0 radical (unpaired) electrons. The van der Waals surface area contributed by atoms with Gasteiger partial charge in [-0.15, -0.1) is 0 Å². The molecule has 3 rings (SSSR count). The fraction of sp³-hybridized carbons (Fsp3) is 0.294. The zero-order valence-corrected chi connectivity index (χ0v) is 14.3. The van der Waals surface area contributed by atoms with Gasteiger partial charge in [0.1, 0.15) is 0 Å². The second-order valence-electron chi connectivity index (χ2n) is 5.59. The van der Waals surface area contributed by atoms with Gasteiger partial charge in [-0.1, -0.05) is 53.5 Å². The number of hydrogen-bond acceptors (Lipinski definition) is 2. The van der Waals surface area contributed by atoms with Crippen molar-refractivity contribution >= 4 is 33.0 Å². The summed E-state index contributed by atoms with van der Waals surface area (Å²) in [6.07, 6.45) is 2.48. The van der Waals surface area contributed by atoms with E-state index in [2.05, 4.69) is 0 Å². The van der Waals surface area contributed by atoms with E-state index in [1.54, 1.807) is 18.2 Å². The average molecular weight is 355 g/mol. The molecule has 2 aromatic rings. The smallest absolute Gasteiger partial charge is 0.161 e. The maximum Gasteiger partial charge on any atom is 0.161 e. The van der Waals surface area contributed by atoms with Crippen molar-refractivity contribution in [3.05, 3.63) is 69.2 Å². The van der Waals surface area contributed by atoms with Gasteiger partial charge in [-0.3, -0.25) is 0 Å². The van der Waals surface area contributed by atoms with Crippen LogP contribution in [0.5, 0.6) is 0 Å². The third-order valence-electron chi connectivity index (χ3n) is 4.16. The van der Waals surface area contributed by atoms with Crippen LogP contribution in [0.1, 0.15) is 34.8 Å². The van der Waals surface area contributed by atoms with E-state index in [0.29, 0.717) is 22.0 Å². The van der Waals surface area contributed by atoms with Gasteiger partial charge in [-0.25, -0.2) is 8.42 Å². The Morgan fingerprint density at radius 1 is 1.00 bits per heavy atom. The van der Waals surface area contributed by atoms with Gasteiger partial charge in [-0.05, 0) is 42.5 Å². The second-order valence-corrected chi connectivity index (χ2v) is 8.58. The molecule has 1 atom stereocenters. The first kappa shape index (κ1) is 15.9. The number of fused-ring (bicyclic) bond motifs is 1. The van der Waals surface area contributed by atoms with Crippen molar-refractivity contribution in [3.8, 4) is 0 Å². The topological polar surface area (TPSA) is 34.1 Å². The van der Waals surface area contributed by atoms with Crippen LogP contribution in [0.4, 0.5) is 0 Å². The molecule has 0 fully saturated rings. The SMILES string of the molecule is O=S(=O)(Cc1c(Cl)cccc1Cl)[C@H]1CCCc2ccccc21. The zero-order valence-electron chi connectivity index (χ0n) is 11.9. The van der Waals surface area contributed by atoms with Crippen LogP contribution < -0.4 is 0 Å². The molecule has 0 unspecified atom stereocenters. The fourth-order valence-electron chi connectivity index (χ4n) is 3.05. The number of benzene rings is 2. The Hall–Kier alpha value is -1.03. The molecule has 0 N–H and O–H groups in total. The van der Waals surface area contributed by atoms with Crippen LogP contribution >= 0.6 is 23.2 Å². The summed E-state index contributed by atoms with van der Waals surface area (Å²) in [5.41, 5.74) is 2.55. The van der Waals surface area contributed by atoms with Gasteiger partial charge in [0.25, 0.3) is 0 Å². The first-order valence-electron chi connectivity index (χ1n) is 7.21. The van der Waals surface area contributed by atoms with E-state index in [0.717, 1.165) is 24.0 Å². The van der Waals surface area contributed by atoms with Gasteiger partial charge in [0.2, 0.25) is 0 Å². The summed E-state index contributed by atoms with van der Waals surface area (Å²) in [4.78, 5) is 0. The van der Waals surface area contributed by atoms with E-state index in [1.807, 2.05) is 24.3 Å². The second kappa shape index (κ2) is 6.23. The predicted octanol–water partition coefficient (Wildman–Crippen LogP) is 4.99. The number of aryl methyl sites for hydroxylation is 1. The molecule has 0 heterocycles. The molecular formula is C17H16Cl2O2S. The molecule has 0 saturated carbocycles. The Balaban J connectivity index is 1.98. The third-order valence-corrected chi connectivity index (χ3v) is 6.91. The predicted molar refractivity (Wildman–Crippen MR) is 91.2 cm³/mol. The normalized spacial score (nSPS) is 18.0. The summed E-state index contributed by atoms with van der Waals surface area (Å²) in [6.45, 7) is 0. The first-order chi connectivity index (χ1) is 10.5. The van der Waals surface area contributed by atoms with Crippen LogP contribution in [-0.2, 0) is 22.0 Å². The summed E-state index contributed by atoms with van der Waals surface area (Å²) in [7, 11) is -3.36. The summed E-state index contributed by atoms with van der Waals surface area (Å²) in [5, 5.41) is 0.338. The molecule has 1 aliphatic rings. The Kier molecular flexibility index (Phi) is 4.49. The van der Waals surface area contributed by atoms with Gasteiger partial charge in [0, 0.05) is 15.6 Å². The number of sulfone groups is 1. The molecule has 2 nitrogen and oxygen atoms in total. The van der Waals surface area contributed by atoms with Crippen LogP contribution in [-0.4, -0.2) is 8.42 Å². The molecule has 22 heavy (non-hydrogen) atoms. The summed E-state index contributed by atoms with van der Waals surface area (Å²) < 4.78 is 25.8. The molecule has 1 aliphatic carbocycles. The summed E-state index contributed by atoms with van der Waals surface area (Å²) >= 11 is 12.3. The lowest BCUT2D eigenvalue weighted by Crippen LogP contribution is -2.20. The largest absolute Gasteiger partial charge is 0.228 e. The van der Waals surface area contributed by atoms with Gasteiger partial charge in [0.15, 0.2) is 9.84 Å². The zero-order chi connectivity index (χ0) is 15.7. The number of halogens is 2. The van der Waals surface area contributed by atoms with Crippen molar-refractivity contribution in [1.82, 2.24) is 0 Å². The maximum atomic E-state index is 12.9. The van der Waals surface area contributed by atoms with E-state index in [9.17, 15) is 8.42 Å². The summed E-state index contributed by atoms with van der Waals surface area (Å²) in [5.74, 6) is -0.121. The molecule has 0 bridgehead atoms. The van der Waals surface area contributed by atoms with Gasteiger partial charge in [0.05, 0.1) is 11.0 Å². The summed E-state index contributed by atoms with van der Waals surface area (Å²) in [6, 6.07) is 12.9. The minimum atomic E-state index is -3.36. The van der Waals surface area contributed by atoms with Crippen molar-refractivity contribution in [2.75, 3.05) is 0 Å². The monoisotopic (exact) mass is 354 g/mol. The van der Waals surface area contributed by atoms with Crippen LogP contribution in [0.25, 0.3) is 0 Å². The van der Waals surface area contributed by atoms with Crippen LogP contribution in [0.15, 0.2) is 42.5 Å². The van der Waals surface area contributed by atoms with Crippen LogP contribution in [0.2, 0.25) is 10.0 Å². The average Bonchev–Trinajstić information content (AvgIpc) is 2.50. The lowest BCUT2D eigenvalue weighted by molar-refractivity contribution is 0.559. The Labute approximate surface area is 141 Å². The first-order valence-corrected chi connectivity index (χ1v) is 9.68. The minimum Gasteiger partial charge on any atom is -0.228 e. The Morgan fingerprint density at radius 2 is 1.68 bits per heavy atom. The molecule has 0 spiro atoms. The van der Waals surface area contributed by atoms with Crippen molar-refractivity contribution in [2.45, 2.75) is 30.3 Å². The minimum absolute atomic E-state index is 0.121. The lowest BCUT2D eigenvalue weighted by atomic mass is 9.91. The quantitative estimate of drug-likeness (QED) is 0.778. The molecular weight excluding hydrogens is 339 g/mol. The standard InChI is InChI=1S/C17H16Cl2O2S/c18-15-8-4-9-16(19)14(15)11-22(20,21)17-10-3-6-12-5-1-2-7-13(12)17/h1-2,4-5,7-9,17H,3,6,10-11H2/t17-/m0/s1. The highest BCUT2D eigenvalue weighted by Gasteiger charge is 2.32. The molecule has 0 amide bonds. The molecule has 5 heteroatoms. The Morgan fingerprint density at radius 3 is 2.41 bits per heavy atom. The van der Waals surface area contributed by atoms with Gasteiger partial charge in [-0.2, -0.15) is 0 Å². The Bertz CT molecular complexity index is 780. The van der Waals surface area contributed by atoms with E-state index in [4.69, 9.17) is 23.2 Å². The van der Waals surface area contributed by atoms with E-state index in [-0.39, 0.29) is 5.75 Å². The fourth-order valence-corrected chi connectivity index (χ4v) is 5.80. The maximum absolute atomic E-state index is 12.9. The van der Waals surface area contributed by atoms with E-state index < -0.39 is 15.1 Å². The van der Waals surface area contributed by atoms with Crippen molar-refractivity contribution in [3.63, 3.8) is 0 Å². The molecule has 0 aliphatic heterocycles. The van der Waals surface area contributed by atoms with Gasteiger partial charge < -0.3 is 0 Å². The molecule has 116 valence electrons. The van der Waals surface area contributed by atoms with Crippen molar-refractivity contribution in [1.29, 1.82) is 0 Å². The lowest BCUT2D eigenvalue weighted by Gasteiger charge is -2.25. The molecule has 0 aromatic heterocycles.